The second kappa shape index (κ2) is 5.99. The zero-order chi connectivity index (χ0) is 14.6. The Bertz CT molecular complexity index is 429. The molecule has 0 spiro atoms. The van der Waals surface area contributed by atoms with E-state index in [1.165, 1.54) is 6.07 Å². The standard InChI is InChI=1S/C10H14N2O7/c13-4-5(14)6(15)7(16)10(19,9(17)18)8-11-2-1-3-12-8/h1-3,5-7,13-16,19H,4H2,(H,17,18). The minimum atomic E-state index is -3.02. The van der Waals surface area contributed by atoms with Crippen molar-refractivity contribution in [2.75, 3.05) is 6.61 Å². The summed E-state index contributed by atoms with van der Waals surface area (Å²) in [6.07, 6.45) is -4.00. The van der Waals surface area contributed by atoms with E-state index in [-0.39, 0.29) is 0 Å². The fourth-order valence-electron chi connectivity index (χ4n) is 1.42. The zero-order valence-corrected chi connectivity index (χ0v) is 9.66. The van der Waals surface area contributed by atoms with Crippen molar-refractivity contribution >= 4 is 5.97 Å². The van der Waals surface area contributed by atoms with Gasteiger partial charge in [-0.2, -0.15) is 0 Å². The van der Waals surface area contributed by atoms with Crippen LogP contribution in [0.4, 0.5) is 0 Å². The molecule has 0 aliphatic heterocycles. The van der Waals surface area contributed by atoms with Gasteiger partial charge >= 0.3 is 5.97 Å². The van der Waals surface area contributed by atoms with Crippen LogP contribution >= 0.6 is 0 Å². The SMILES string of the molecule is O=C(O)C(O)(c1ncccn1)C(O)C(O)C(O)CO. The number of nitrogens with zero attached hydrogens (tertiary/aromatic N) is 2. The van der Waals surface area contributed by atoms with E-state index < -0.39 is 42.3 Å². The molecule has 106 valence electrons. The number of aromatic nitrogens is 2. The molecule has 9 nitrogen and oxygen atoms in total. The van der Waals surface area contributed by atoms with Gasteiger partial charge in [-0.25, -0.2) is 14.8 Å². The number of hydrogen-bond acceptors (Lipinski definition) is 8. The Labute approximate surface area is 107 Å². The second-order valence-corrected chi connectivity index (χ2v) is 3.83. The maximum atomic E-state index is 11.1. The Kier molecular flexibility index (Phi) is 4.86. The Morgan fingerprint density at radius 1 is 1.26 bits per heavy atom. The zero-order valence-electron chi connectivity index (χ0n) is 9.66. The molecule has 0 radical (unpaired) electrons. The first-order chi connectivity index (χ1) is 8.85. The van der Waals surface area contributed by atoms with Gasteiger partial charge in [0.05, 0.1) is 6.61 Å². The maximum absolute atomic E-state index is 11.1. The fraction of sp³-hybridized carbons (Fsp3) is 0.500. The van der Waals surface area contributed by atoms with Crippen LogP contribution in [0, 0.1) is 0 Å². The molecular formula is C10H14N2O7. The summed E-state index contributed by atoms with van der Waals surface area (Å²) < 4.78 is 0. The highest BCUT2D eigenvalue weighted by Crippen LogP contribution is 2.25. The van der Waals surface area contributed by atoms with E-state index in [1.54, 1.807) is 0 Å². The predicted molar refractivity (Wildman–Crippen MR) is 58.7 cm³/mol. The van der Waals surface area contributed by atoms with Crippen LogP contribution in [0.5, 0.6) is 0 Å². The summed E-state index contributed by atoms with van der Waals surface area (Å²) in [7, 11) is 0. The predicted octanol–water partition coefficient (Wildman–Crippen LogP) is -3.18. The number of carboxylic acids is 1. The van der Waals surface area contributed by atoms with Crippen LogP contribution in [0.3, 0.4) is 0 Å². The van der Waals surface area contributed by atoms with Gasteiger partial charge in [0.2, 0.25) is 0 Å². The minimum Gasteiger partial charge on any atom is -0.479 e. The van der Waals surface area contributed by atoms with Crippen molar-refractivity contribution in [2.24, 2.45) is 0 Å². The third-order valence-electron chi connectivity index (χ3n) is 2.57. The van der Waals surface area contributed by atoms with E-state index in [4.69, 9.17) is 10.2 Å². The quantitative estimate of drug-likeness (QED) is 0.314. The highest BCUT2D eigenvalue weighted by atomic mass is 16.4. The van der Waals surface area contributed by atoms with Gasteiger partial charge in [0, 0.05) is 12.4 Å². The largest absolute Gasteiger partial charge is 0.479 e. The first-order valence-electron chi connectivity index (χ1n) is 5.24. The number of aliphatic hydroxyl groups is 5. The van der Waals surface area contributed by atoms with Crippen molar-refractivity contribution in [3.8, 4) is 0 Å². The summed E-state index contributed by atoms with van der Waals surface area (Å²) in [6, 6.07) is 1.36. The Balaban J connectivity index is 3.17. The second-order valence-electron chi connectivity index (χ2n) is 3.83. The molecule has 6 N–H and O–H groups in total. The molecule has 1 aromatic rings. The number of hydrogen-bond donors (Lipinski definition) is 6. The smallest absolute Gasteiger partial charge is 0.346 e. The van der Waals surface area contributed by atoms with Crippen LogP contribution < -0.4 is 0 Å². The lowest BCUT2D eigenvalue weighted by Crippen LogP contribution is -2.56. The molecule has 4 unspecified atom stereocenters. The van der Waals surface area contributed by atoms with Gasteiger partial charge in [-0.05, 0) is 6.07 Å². The van der Waals surface area contributed by atoms with Crippen molar-refractivity contribution in [1.82, 2.24) is 9.97 Å². The lowest BCUT2D eigenvalue weighted by Gasteiger charge is -2.31. The highest BCUT2D eigenvalue weighted by Gasteiger charge is 2.52. The average Bonchev–Trinajstić information content (AvgIpc) is 2.44. The van der Waals surface area contributed by atoms with Crippen LogP contribution in [0.2, 0.25) is 0 Å². The molecule has 4 atom stereocenters. The van der Waals surface area contributed by atoms with Crippen molar-refractivity contribution in [2.45, 2.75) is 23.9 Å². The van der Waals surface area contributed by atoms with Crippen LogP contribution in [0.1, 0.15) is 5.82 Å². The maximum Gasteiger partial charge on any atom is 0.346 e. The Morgan fingerprint density at radius 2 is 1.79 bits per heavy atom. The molecule has 0 saturated carbocycles. The minimum absolute atomic E-state index is 0.654. The number of aliphatic carboxylic acids is 1. The molecule has 0 bridgehead atoms. The molecule has 0 saturated heterocycles. The van der Waals surface area contributed by atoms with Gasteiger partial charge in [0.1, 0.15) is 18.3 Å². The van der Waals surface area contributed by atoms with Crippen molar-refractivity contribution in [3.63, 3.8) is 0 Å². The third kappa shape index (κ3) is 2.85. The van der Waals surface area contributed by atoms with E-state index >= 15 is 0 Å². The van der Waals surface area contributed by atoms with E-state index in [0.717, 1.165) is 12.4 Å². The van der Waals surface area contributed by atoms with E-state index in [2.05, 4.69) is 9.97 Å². The molecule has 0 fully saturated rings. The fourth-order valence-corrected chi connectivity index (χ4v) is 1.42. The van der Waals surface area contributed by atoms with Crippen molar-refractivity contribution < 1.29 is 35.4 Å². The van der Waals surface area contributed by atoms with E-state index in [0.29, 0.717) is 0 Å². The molecule has 1 heterocycles. The summed E-state index contributed by atoms with van der Waals surface area (Å²) in [4.78, 5) is 18.1. The molecule has 0 aliphatic carbocycles. The summed E-state index contributed by atoms with van der Waals surface area (Å²) in [6.45, 7) is -0.927. The average molecular weight is 274 g/mol. The third-order valence-corrected chi connectivity index (χ3v) is 2.57. The number of rotatable bonds is 6. The first-order valence-corrected chi connectivity index (χ1v) is 5.24. The van der Waals surface area contributed by atoms with Crippen molar-refractivity contribution in [1.29, 1.82) is 0 Å². The first kappa shape index (κ1) is 15.4. The monoisotopic (exact) mass is 274 g/mol. The number of carboxylic acid groups (broad SMARTS) is 1. The Hall–Kier alpha value is -1.65. The summed E-state index contributed by atoms with van der Waals surface area (Å²) in [5.74, 6) is -2.56. The van der Waals surface area contributed by atoms with E-state index in [1.807, 2.05) is 0 Å². The number of aliphatic hydroxyl groups excluding tert-OH is 4. The molecule has 9 heteroatoms. The topological polar surface area (TPSA) is 164 Å². The summed E-state index contributed by atoms with van der Waals surface area (Å²) in [5.41, 5.74) is -3.02. The van der Waals surface area contributed by atoms with Gasteiger partial charge in [-0.3, -0.25) is 0 Å². The Morgan fingerprint density at radius 3 is 2.21 bits per heavy atom. The van der Waals surface area contributed by atoms with Crippen molar-refractivity contribution in [3.05, 3.63) is 24.3 Å². The molecule has 0 amide bonds. The van der Waals surface area contributed by atoms with Crippen LogP contribution in [-0.4, -0.2) is 71.5 Å². The van der Waals surface area contributed by atoms with Gasteiger partial charge in [0.25, 0.3) is 5.60 Å². The van der Waals surface area contributed by atoms with Crippen LogP contribution in [0.25, 0.3) is 0 Å². The lowest BCUT2D eigenvalue weighted by atomic mass is 9.89. The molecule has 1 aromatic heterocycles. The summed E-state index contributed by atoms with van der Waals surface area (Å²) in [5, 5.41) is 56.1. The normalized spacial score (nSPS) is 19.2. The molecule has 0 aliphatic rings. The van der Waals surface area contributed by atoms with Gasteiger partial charge in [-0.1, -0.05) is 0 Å². The molecular weight excluding hydrogens is 260 g/mol. The molecule has 19 heavy (non-hydrogen) atoms. The van der Waals surface area contributed by atoms with E-state index in [9.17, 15) is 25.2 Å². The van der Waals surface area contributed by atoms with Gasteiger partial charge in [-0.15, -0.1) is 0 Å². The van der Waals surface area contributed by atoms with Gasteiger partial charge < -0.3 is 30.6 Å². The lowest BCUT2D eigenvalue weighted by molar-refractivity contribution is -0.195. The highest BCUT2D eigenvalue weighted by molar-refractivity contribution is 5.78. The van der Waals surface area contributed by atoms with Gasteiger partial charge in [0.15, 0.2) is 5.82 Å². The molecule has 1 rings (SSSR count). The molecule has 0 aromatic carbocycles. The summed E-state index contributed by atoms with van der Waals surface area (Å²) >= 11 is 0. The number of carbonyl (C=O) groups is 1. The van der Waals surface area contributed by atoms with Crippen LogP contribution in [0.15, 0.2) is 18.5 Å². The van der Waals surface area contributed by atoms with Crippen LogP contribution in [-0.2, 0) is 10.4 Å².